The van der Waals surface area contributed by atoms with Crippen molar-refractivity contribution in [3.8, 4) is 0 Å². The van der Waals surface area contributed by atoms with E-state index in [2.05, 4.69) is 10.3 Å². The maximum Gasteiger partial charge on any atom is 0.243 e. The second-order valence-corrected chi connectivity index (χ2v) is 10.8. The maximum atomic E-state index is 13.3. The molecule has 1 fully saturated rings. The molecule has 1 amide bonds. The topological polar surface area (TPSA) is 79.4 Å². The van der Waals surface area contributed by atoms with Gasteiger partial charge in [0.25, 0.3) is 0 Å². The Morgan fingerprint density at radius 1 is 1.06 bits per heavy atom. The third-order valence-electron chi connectivity index (χ3n) is 5.41. The largest absolute Gasteiger partial charge is 0.325 e. The van der Waals surface area contributed by atoms with Crippen molar-refractivity contribution in [2.75, 3.05) is 24.2 Å². The molecule has 3 aromatic rings. The van der Waals surface area contributed by atoms with Gasteiger partial charge in [0, 0.05) is 30.2 Å². The first-order valence-corrected chi connectivity index (χ1v) is 13.0. The van der Waals surface area contributed by atoms with Crippen molar-refractivity contribution in [2.45, 2.75) is 36.1 Å². The third kappa shape index (κ3) is 5.51. The van der Waals surface area contributed by atoms with E-state index in [9.17, 15) is 22.0 Å². The second kappa shape index (κ2) is 9.74. The molecule has 2 heterocycles. The number of nitrogens with zero attached hydrogens (tertiary/aromatic N) is 2. The average molecular weight is 492 g/mol. The standard InChI is InChI=1S/C23H23F2N3O3S2/c1-15-9-23(32-14-22(29)26-18-11-16(24)10-17(25)12-18)27-21-6-5-19(13-20(15)21)33(30,31)28-7-3-2-4-8-28/h5-6,9-13H,2-4,7-8,14H2,1H3,(H,26,29). The number of fused-ring (bicyclic) bond motifs is 1. The molecule has 0 radical (unpaired) electrons. The van der Waals surface area contributed by atoms with Crippen molar-refractivity contribution in [2.24, 2.45) is 0 Å². The number of piperidine rings is 1. The second-order valence-electron chi connectivity index (χ2n) is 7.92. The summed E-state index contributed by atoms with van der Waals surface area (Å²) < 4.78 is 54.1. The SMILES string of the molecule is Cc1cc(SCC(=O)Nc2cc(F)cc(F)c2)nc2ccc(S(=O)(=O)N3CCCCC3)cc12. The predicted molar refractivity (Wildman–Crippen MR) is 125 cm³/mol. The van der Waals surface area contributed by atoms with Crippen LogP contribution in [0.5, 0.6) is 0 Å². The van der Waals surface area contributed by atoms with Crippen molar-refractivity contribution in [3.63, 3.8) is 0 Å². The van der Waals surface area contributed by atoms with E-state index in [1.807, 2.05) is 6.92 Å². The van der Waals surface area contributed by atoms with Gasteiger partial charge in [0.1, 0.15) is 11.6 Å². The summed E-state index contributed by atoms with van der Waals surface area (Å²) in [6.45, 7) is 2.94. The summed E-state index contributed by atoms with van der Waals surface area (Å²) in [5.41, 5.74) is 1.51. The van der Waals surface area contributed by atoms with Gasteiger partial charge in [0.2, 0.25) is 15.9 Å². The molecule has 2 aromatic carbocycles. The number of carbonyl (C=O) groups is 1. The average Bonchev–Trinajstić information content (AvgIpc) is 2.77. The van der Waals surface area contributed by atoms with Crippen LogP contribution in [0.2, 0.25) is 0 Å². The van der Waals surface area contributed by atoms with Crippen molar-refractivity contribution < 1.29 is 22.0 Å². The van der Waals surface area contributed by atoms with Gasteiger partial charge in [-0.1, -0.05) is 18.2 Å². The van der Waals surface area contributed by atoms with E-state index in [4.69, 9.17) is 0 Å². The molecule has 1 aromatic heterocycles. The van der Waals surface area contributed by atoms with Gasteiger partial charge in [0.05, 0.1) is 21.2 Å². The van der Waals surface area contributed by atoms with Crippen molar-refractivity contribution in [1.82, 2.24) is 9.29 Å². The molecule has 1 N–H and O–H groups in total. The van der Waals surface area contributed by atoms with Gasteiger partial charge in [-0.2, -0.15) is 4.31 Å². The van der Waals surface area contributed by atoms with E-state index >= 15 is 0 Å². The summed E-state index contributed by atoms with van der Waals surface area (Å²) in [5, 5.41) is 3.79. The molecule has 4 rings (SSSR count). The van der Waals surface area contributed by atoms with Gasteiger partial charge in [-0.3, -0.25) is 4.79 Å². The molecule has 174 valence electrons. The van der Waals surface area contributed by atoms with E-state index < -0.39 is 27.6 Å². The molecule has 6 nitrogen and oxygen atoms in total. The summed E-state index contributed by atoms with van der Waals surface area (Å²) in [7, 11) is -3.54. The highest BCUT2D eigenvalue weighted by Gasteiger charge is 2.26. The highest BCUT2D eigenvalue weighted by Crippen LogP contribution is 2.28. The smallest absolute Gasteiger partial charge is 0.243 e. The number of pyridine rings is 1. The number of halogens is 2. The molecule has 0 unspecified atom stereocenters. The quantitative estimate of drug-likeness (QED) is 0.505. The molecule has 0 spiro atoms. The number of anilines is 1. The van der Waals surface area contributed by atoms with Crippen molar-refractivity contribution in [1.29, 1.82) is 0 Å². The molecular weight excluding hydrogens is 468 g/mol. The highest BCUT2D eigenvalue weighted by atomic mass is 32.2. The zero-order valence-electron chi connectivity index (χ0n) is 18.0. The molecule has 0 atom stereocenters. The number of aromatic nitrogens is 1. The van der Waals surface area contributed by atoms with Crippen LogP contribution in [0.1, 0.15) is 24.8 Å². The number of nitrogens with one attached hydrogen (secondary N) is 1. The van der Waals surface area contributed by atoms with E-state index in [0.717, 1.165) is 48.4 Å². The highest BCUT2D eigenvalue weighted by molar-refractivity contribution is 7.99. The number of benzene rings is 2. The van der Waals surface area contributed by atoms with Crippen LogP contribution in [0.3, 0.4) is 0 Å². The maximum absolute atomic E-state index is 13.3. The third-order valence-corrected chi connectivity index (χ3v) is 8.22. The summed E-state index contributed by atoms with van der Waals surface area (Å²) in [6.07, 6.45) is 2.79. The molecule has 1 aliphatic rings. The van der Waals surface area contributed by atoms with Crippen LogP contribution >= 0.6 is 11.8 Å². The summed E-state index contributed by atoms with van der Waals surface area (Å²) in [5.74, 6) is -1.97. The molecule has 1 saturated heterocycles. The number of amides is 1. The Balaban J connectivity index is 1.48. The van der Waals surface area contributed by atoms with Gasteiger partial charge in [-0.05, 0) is 61.7 Å². The molecule has 10 heteroatoms. The zero-order chi connectivity index (χ0) is 23.6. The van der Waals surface area contributed by atoms with Crippen LogP contribution in [-0.2, 0) is 14.8 Å². The Morgan fingerprint density at radius 2 is 1.76 bits per heavy atom. The molecule has 0 aliphatic carbocycles. The lowest BCUT2D eigenvalue weighted by atomic mass is 10.1. The molecule has 33 heavy (non-hydrogen) atoms. The van der Waals surface area contributed by atoms with Crippen LogP contribution in [-0.4, -0.2) is 42.5 Å². The van der Waals surface area contributed by atoms with E-state index in [1.165, 1.54) is 16.1 Å². The predicted octanol–water partition coefficient (Wildman–Crippen LogP) is 4.73. The zero-order valence-corrected chi connectivity index (χ0v) is 19.6. The number of aryl methyl sites for hydroxylation is 1. The summed E-state index contributed by atoms with van der Waals surface area (Å²) in [4.78, 5) is 17.0. The Morgan fingerprint density at radius 3 is 2.45 bits per heavy atom. The molecule has 1 aliphatic heterocycles. The first-order valence-electron chi connectivity index (χ1n) is 10.5. The van der Waals surface area contributed by atoms with Crippen molar-refractivity contribution in [3.05, 3.63) is 59.7 Å². The number of rotatable bonds is 6. The van der Waals surface area contributed by atoms with Gasteiger partial charge >= 0.3 is 0 Å². The Hall–Kier alpha value is -2.56. The Labute approximate surface area is 195 Å². The van der Waals surface area contributed by atoms with Gasteiger partial charge in [-0.25, -0.2) is 22.2 Å². The van der Waals surface area contributed by atoms with Gasteiger partial charge in [-0.15, -0.1) is 0 Å². The molecule has 0 bridgehead atoms. The van der Waals surface area contributed by atoms with Crippen molar-refractivity contribution >= 4 is 44.3 Å². The monoisotopic (exact) mass is 491 g/mol. The number of sulfonamides is 1. The first-order chi connectivity index (χ1) is 15.7. The summed E-state index contributed by atoms with van der Waals surface area (Å²) in [6, 6.07) is 9.51. The lowest BCUT2D eigenvalue weighted by Gasteiger charge is -2.26. The normalized spacial score (nSPS) is 15.0. The summed E-state index contributed by atoms with van der Waals surface area (Å²) >= 11 is 1.18. The number of hydrogen-bond acceptors (Lipinski definition) is 5. The minimum Gasteiger partial charge on any atom is -0.325 e. The first kappa shape index (κ1) is 23.6. The van der Waals surface area contributed by atoms with Crippen LogP contribution in [0.25, 0.3) is 10.9 Å². The fourth-order valence-electron chi connectivity index (χ4n) is 3.79. The fraction of sp³-hybridized carbons (Fsp3) is 0.304. The van der Waals surface area contributed by atoms with Gasteiger partial charge in [0.15, 0.2) is 0 Å². The van der Waals surface area contributed by atoms with E-state index in [1.54, 1.807) is 24.3 Å². The van der Waals surface area contributed by atoms with Crippen LogP contribution in [0, 0.1) is 18.6 Å². The fourth-order valence-corrected chi connectivity index (χ4v) is 6.11. The number of hydrogen-bond donors (Lipinski definition) is 1. The number of thioether (sulfide) groups is 1. The van der Waals surface area contributed by atoms with Crippen LogP contribution < -0.4 is 5.32 Å². The Bertz CT molecular complexity index is 1290. The Kier molecular flexibility index (Phi) is 6.96. The van der Waals surface area contributed by atoms with Gasteiger partial charge < -0.3 is 5.32 Å². The molecular formula is C23H23F2N3O3S2. The van der Waals surface area contributed by atoms with Crippen LogP contribution in [0.15, 0.2) is 52.4 Å². The van der Waals surface area contributed by atoms with Crippen LogP contribution in [0.4, 0.5) is 14.5 Å². The van der Waals surface area contributed by atoms with E-state index in [0.29, 0.717) is 23.6 Å². The van der Waals surface area contributed by atoms with E-state index in [-0.39, 0.29) is 16.3 Å². The minimum atomic E-state index is -3.54. The lowest BCUT2D eigenvalue weighted by Crippen LogP contribution is -2.35. The minimum absolute atomic E-state index is 0.00248. The number of carbonyl (C=O) groups excluding carboxylic acids is 1. The molecule has 0 saturated carbocycles. The lowest BCUT2D eigenvalue weighted by molar-refractivity contribution is -0.113.